The van der Waals surface area contributed by atoms with Gasteiger partial charge in [-0.1, -0.05) is 19.8 Å². The third kappa shape index (κ3) is 4.59. The Morgan fingerprint density at radius 2 is 1.86 bits per heavy atom. The predicted molar refractivity (Wildman–Crippen MR) is 79.2 cm³/mol. The number of likely N-dealkylation sites (tertiary alicyclic amines) is 1. The van der Waals surface area contributed by atoms with E-state index in [1.54, 1.807) is 0 Å². The van der Waals surface area contributed by atoms with Gasteiger partial charge in [0.2, 0.25) is 0 Å². The first-order chi connectivity index (χ1) is 9.85. The summed E-state index contributed by atoms with van der Waals surface area (Å²) in [4.78, 5) is 2.08. The molecule has 1 unspecified atom stereocenters. The highest BCUT2D eigenvalue weighted by atomic mass is 19.4. The van der Waals surface area contributed by atoms with Crippen molar-refractivity contribution < 1.29 is 13.2 Å². The molecule has 124 valence electrons. The van der Waals surface area contributed by atoms with Crippen molar-refractivity contribution in [3.63, 3.8) is 0 Å². The molecule has 1 saturated carbocycles. The van der Waals surface area contributed by atoms with Crippen molar-refractivity contribution in [1.29, 1.82) is 0 Å². The first-order valence-corrected chi connectivity index (χ1v) is 8.28. The van der Waals surface area contributed by atoms with Crippen LogP contribution in [0.15, 0.2) is 0 Å². The summed E-state index contributed by atoms with van der Waals surface area (Å²) in [6.45, 7) is 5.06. The van der Waals surface area contributed by atoms with Crippen molar-refractivity contribution in [2.45, 2.75) is 51.6 Å². The van der Waals surface area contributed by atoms with E-state index in [2.05, 4.69) is 17.1 Å². The number of hydrogen-bond acceptors (Lipinski definition) is 2. The molecule has 0 aromatic carbocycles. The van der Waals surface area contributed by atoms with E-state index in [1.165, 1.54) is 12.8 Å². The molecule has 0 spiro atoms. The molecular formula is C16H29F3N2. The first-order valence-electron chi connectivity index (χ1n) is 8.28. The zero-order valence-electron chi connectivity index (χ0n) is 13.3. The summed E-state index contributed by atoms with van der Waals surface area (Å²) in [6.07, 6.45) is 1.64. The maximum atomic E-state index is 12.9. The fourth-order valence-electron chi connectivity index (χ4n) is 4.08. The highest BCUT2D eigenvalue weighted by molar-refractivity contribution is 4.91. The van der Waals surface area contributed by atoms with Gasteiger partial charge >= 0.3 is 6.18 Å². The van der Waals surface area contributed by atoms with E-state index in [1.807, 2.05) is 7.05 Å². The third-order valence-electron chi connectivity index (χ3n) is 5.41. The number of nitrogens with one attached hydrogen (secondary N) is 1. The van der Waals surface area contributed by atoms with Crippen LogP contribution in [0.2, 0.25) is 0 Å². The van der Waals surface area contributed by atoms with Crippen molar-refractivity contribution in [1.82, 2.24) is 10.2 Å². The van der Waals surface area contributed by atoms with Crippen molar-refractivity contribution in [2.24, 2.45) is 17.3 Å². The minimum absolute atomic E-state index is 0.175. The topological polar surface area (TPSA) is 15.3 Å². The maximum Gasteiger partial charge on any atom is 0.393 e. The van der Waals surface area contributed by atoms with Crippen LogP contribution in [-0.4, -0.2) is 44.3 Å². The van der Waals surface area contributed by atoms with Crippen LogP contribution < -0.4 is 5.32 Å². The van der Waals surface area contributed by atoms with Crippen LogP contribution in [0.1, 0.15) is 45.4 Å². The Balaban J connectivity index is 1.97. The molecule has 21 heavy (non-hydrogen) atoms. The second-order valence-corrected chi connectivity index (χ2v) is 7.33. The highest BCUT2D eigenvalue weighted by Gasteiger charge is 2.43. The van der Waals surface area contributed by atoms with Gasteiger partial charge in [-0.25, -0.2) is 0 Å². The van der Waals surface area contributed by atoms with E-state index in [9.17, 15) is 13.2 Å². The lowest BCUT2D eigenvalue weighted by molar-refractivity contribution is -0.188. The van der Waals surface area contributed by atoms with Gasteiger partial charge in [-0.2, -0.15) is 13.2 Å². The van der Waals surface area contributed by atoms with Crippen LogP contribution in [0.25, 0.3) is 0 Å². The number of rotatable bonds is 4. The van der Waals surface area contributed by atoms with Gasteiger partial charge in [-0.05, 0) is 50.6 Å². The number of piperidine rings is 1. The molecule has 1 heterocycles. The molecule has 2 aliphatic rings. The van der Waals surface area contributed by atoms with Gasteiger partial charge in [0, 0.05) is 19.6 Å². The molecule has 1 atom stereocenters. The Kier molecular flexibility index (Phi) is 5.58. The van der Waals surface area contributed by atoms with Crippen LogP contribution in [0, 0.1) is 17.3 Å². The molecule has 2 nitrogen and oxygen atoms in total. The van der Waals surface area contributed by atoms with Gasteiger partial charge < -0.3 is 10.2 Å². The Labute approximate surface area is 126 Å². The van der Waals surface area contributed by atoms with Crippen LogP contribution in [-0.2, 0) is 0 Å². The van der Waals surface area contributed by atoms with E-state index in [0.29, 0.717) is 12.8 Å². The Morgan fingerprint density at radius 3 is 2.43 bits per heavy atom. The van der Waals surface area contributed by atoms with E-state index in [4.69, 9.17) is 0 Å². The van der Waals surface area contributed by atoms with Crippen molar-refractivity contribution >= 4 is 0 Å². The molecule has 0 bridgehead atoms. The summed E-state index contributed by atoms with van der Waals surface area (Å²) in [7, 11) is 1.95. The number of hydrogen-bond donors (Lipinski definition) is 1. The molecule has 1 aliphatic carbocycles. The van der Waals surface area contributed by atoms with Crippen molar-refractivity contribution in [3.05, 3.63) is 0 Å². The van der Waals surface area contributed by atoms with Crippen LogP contribution in [0.4, 0.5) is 13.2 Å². The Bertz CT molecular complexity index is 322. The summed E-state index contributed by atoms with van der Waals surface area (Å²) in [6, 6.07) is 0. The fourth-order valence-corrected chi connectivity index (χ4v) is 4.08. The van der Waals surface area contributed by atoms with Gasteiger partial charge in [-0.15, -0.1) is 0 Å². The quantitative estimate of drug-likeness (QED) is 0.852. The third-order valence-corrected chi connectivity index (χ3v) is 5.41. The van der Waals surface area contributed by atoms with E-state index >= 15 is 0 Å². The molecule has 5 heteroatoms. The molecule has 2 fully saturated rings. The molecule has 0 radical (unpaired) electrons. The fraction of sp³-hybridized carbons (Fsp3) is 1.00. The van der Waals surface area contributed by atoms with Gasteiger partial charge in [0.1, 0.15) is 0 Å². The number of nitrogens with zero attached hydrogens (tertiary/aromatic N) is 1. The highest BCUT2D eigenvalue weighted by Crippen LogP contribution is 2.41. The van der Waals surface area contributed by atoms with Gasteiger partial charge in [-0.3, -0.25) is 0 Å². The standard InChI is InChI=1S/C16H29F3N2/c1-13-5-7-15(8-6-13,11-20-2)12-21-9-3-4-14(10-21)16(17,18)19/h13-14,20H,3-12H2,1-2H3. The molecule has 1 N–H and O–H groups in total. The molecule has 0 aromatic heterocycles. The van der Waals surface area contributed by atoms with Crippen LogP contribution >= 0.6 is 0 Å². The number of halogens is 3. The van der Waals surface area contributed by atoms with E-state index in [0.717, 1.165) is 38.4 Å². The average Bonchev–Trinajstić information content (AvgIpc) is 2.42. The lowest BCUT2D eigenvalue weighted by Crippen LogP contribution is -2.50. The summed E-state index contributed by atoms with van der Waals surface area (Å²) >= 11 is 0. The Hall–Kier alpha value is -0.290. The normalized spacial score (nSPS) is 35.9. The lowest BCUT2D eigenvalue weighted by Gasteiger charge is -2.45. The molecule has 2 rings (SSSR count). The summed E-state index contributed by atoms with van der Waals surface area (Å²) in [5.74, 6) is -0.361. The smallest absolute Gasteiger partial charge is 0.319 e. The van der Waals surface area contributed by atoms with Crippen LogP contribution in [0.3, 0.4) is 0 Å². The summed E-state index contributed by atoms with van der Waals surface area (Å²) in [5, 5.41) is 3.28. The molecule has 1 aliphatic heterocycles. The first kappa shape index (κ1) is 17.1. The van der Waals surface area contributed by atoms with Gasteiger partial charge in [0.25, 0.3) is 0 Å². The second kappa shape index (κ2) is 6.86. The Morgan fingerprint density at radius 1 is 1.19 bits per heavy atom. The monoisotopic (exact) mass is 306 g/mol. The zero-order chi connectivity index (χ0) is 15.5. The minimum Gasteiger partial charge on any atom is -0.319 e. The maximum absolute atomic E-state index is 12.9. The largest absolute Gasteiger partial charge is 0.393 e. The summed E-state index contributed by atoms with van der Waals surface area (Å²) in [5.41, 5.74) is 0.175. The zero-order valence-corrected chi connectivity index (χ0v) is 13.3. The molecular weight excluding hydrogens is 277 g/mol. The number of alkyl halides is 3. The molecule has 1 saturated heterocycles. The molecule has 0 amide bonds. The van der Waals surface area contributed by atoms with Crippen molar-refractivity contribution in [3.8, 4) is 0 Å². The van der Waals surface area contributed by atoms with Crippen molar-refractivity contribution in [2.75, 3.05) is 33.2 Å². The SMILES string of the molecule is CNCC1(CN2CCCC(C(F)(F)F)C2)CCC(C)CC1. The second-order valence-electron chi connectivity index (χ2n) is 7.33. The van der Waals surface area contributed by atoms with E-state index < -0.39 is 12.1 Å². The van der Waals surface area contributed by atoms with Gasteiger partial charge in [0.05, 0.1) is 5.92 Å². The average molecular weight is 306 g/mol. The lowest BCUT2D eigenvalue weighted by atomic mass is 9.70. The van der Waals surface area contributed by atoms with Crippen LogP contribution in [0.5, 0.6) is 0 Å². The minimum atomic E-state index is -4.03. The molecule has 0 aromatic rings. The summed E-state index contributed by atoms with van der Waals surface area (Å²) < 4.78 is 38.8. The predicted octanol–water partition coefficient (Wildman–Crippen LogP) is 3.68. The van der Waals surface area contributed by atoms with Gasteiger partial charge in [0.15, 0.2) is 0 Å². The van der Waals surface area contributed by atoms with E-state index in [-0.39, 0.29) is 12.0 Å².